The average molecular weight is 1030 g/mol. The molecule has 0 unspecified atom stereocenters. The lowest BCUT2D eigenvalue weighted by molar-refractivity contribution is 0.0882. The minimum Gasteiger partial charge on any atom is -0.388 e. The molecule has 75 heavy (non-hydrogen) atoms. The fourth-order valence-electron chi connectivity index (χ4n) is 9.80. The Morgan fingerprint density at radius 3 is 1.67 bits per heavy atom. The quantitative estimate of drug-likeness (QED) is 0.0979. The van der Waals surface area contributed by atoms with Crippen molar-refractivity contribution in [1.82, 2.24) is 58.9 Å². The summed E-state index contributed by atoms with van der Waals surface area (Å²) in [7, 11) is 3.62. The number of aliphatic hydroxyl groups excluding tert-OH is 2. The number of nitrogens with zero attached hydrogens (tertiary/aromatic N) is 11. The number of hydrogen-bond acceptors (Lipinski definition) is 14. The summed E-state index contributed by atoms with van der Waals surface area (Å²) in [5.41, 5.74) is 5.21. The van der Waals surface area contributed by atoms with Gasteiger partial charge in [0.1, 0.15) is 46.1 Å². The van der Waals surface area contributed by atoms with E-state index < -0.39 is 60.0 Å². The average Bonchev–Trinajstić information content (AvgIpc) is 3.98. The maximum Gasteiger partial charge on any atom is 0.270 e. The third-order valence-corrected chi connectivity index (χ3v) is 14.0. The SMILES string of the molecule is CN(Cc1ccccc1)c1cc(-c2cn([C@@H]3CC3(F)F)c3ncccc23)nc2c(C(=O)N[C@H]3COC[C@H]3O)cnn12.CNc1cc(-c2cn([C@@H]3CC3(F)F)c3ncccc23)nc2c(C(=O)N[C@H]3COC[C@H]3O)cnn12. The van der Waals surface area contributed by atoms with Gasteiger partial charge in [-0.2, -0.15) is 19.2 Å². The molecule has 9 aromatic rings. The zero-order chi connectivity index (χ0) is 51.9. The number of benzene rings is 1. The number of aromatic nitrogens is 10. The summed E-state index contributed by atoms with van der Waals surface area (Å²) in [5.74, 6) is -5.23. The molecule has 4 fully saturated rings. The molecule has 5 N–H and O–H groups in total. The topological polar surface area (TPSA) is 228 Å². The summed E-state index contributed by atoms with van der Waals surface area (Å²) in [5, 5.41) is 38.9. The molecular formula is C51H48F4N14O6. The number of carbonyl (C=O) groups excluding carboxylic acids is 2. The molecule has 6 atom stereocenters. The van der Waals surface area contributed by atoms with Gasteiger partial charge >= 0.3 is 0 Å². The van der Waals surface area contributed by atoms with E-state index in [0.717, 1.165) is 5.56 Å². The lowest BCUT2D eigenvalue weighted by atomic mass is 10.1. The standard InChI is InChI=1S/C29H27F2N7O3.C22H21F2N7O3/c1-36(13-17-6-3-2-4-7-17)25-10-21(20-14-37(24-11-29(24,30)31)26-18(20)8-5-9-32-26)34-27-19(12-33-38(25)27)28(40)35-22-15-41-16-23(22)39;1-25-18-5-14(13-8-30(17-6-22(17,23)24)19-11(13)3-2-4-26-19)28-20-12(7-27-31(18)20)21(33)29-15-9-34-10-16(15)32/h2-10,12,14,22-24,39H,11,13,15-16H2,1H3,(H,35,40);2-5,7-8,15-17,25,32H,6,9-10H2,1H3,(H,29,33)/t22-,23+,24+;15-,16+,17+/m00/s1. The highest BCUT2D eigenvalue weighted by molar-refractivity contribution is 6.02. The smallest absolute Gasteiger partial charge is 0.270 e. The minimum atomic E-state index is -2.79. The molecule has 8 aromatic heterocycles. The summed E-state index contributed by atoms with van der Waals surface area (Å²) in [6.07, 6.45) is 7.24. The van der Waals surface area contributed by atoms with Gasteiger partial charge < -0.3 is 49.7 Å². The van der Waals surface area contributed by atoms with Crippen LogP contribution in [-0.4, -0.2) is 147 Å². The van der Waals surface area contributed by atoms with Crippen molar-refractivity contribution in [3.05, 3.63) is 121 Å². The van der Waals surface area contributed by atoms with Crippen LogP contribution in [0.2, 0.25) is 0 Å². The van der Waals surface area contributed by atoms with Crippen LogP contribution in [-0.2, 0) is 16.0 Å². The normalized spacial score (nSPS) is 22.3. The lowest BCUT2D eigenvalue weighted by Gasteiger charge is -2.21. The van der Waals surface area contributed by atoms with Crippen molar-refractivity contribution in [2.45, 2.75) is 67.6 Å². The van der Waals surface area contributed by atoms with Crippen LogP contribution in [0.3, 0.4) is 0 Å². The molecule has 0 spiro atoms. The van der Waals surface area contributed by atoms with E-state index in [0.29, 0.717) is 68.4 Å². The van der Waals surface area contributed by atoms with Crippen molar-refractivity contribution in [2.24, 2.45) is 0 Å². The van der Waals surface area contributed by atoms with Crippen molar-refractivity contribution in [2.75, 3.05) is 50.7 Å². The van der Waals surface area contributed by atoms with Crippen LogP contribution >= 0.6 is 0 Å². The Labute approximate surface area is 422 Å². The zero-order valence-corrected chi connectivity index (χ0v) is 40.2. The molecule has 0 radical (unpaired) electrons. The first-order valence-corrected chi connectivity index (χ1v) is 24.2. The third kappa shape index (κ3) is 8.71. The molecular weight excluding hydrogens is 981 g/mol. The molecule has 13 rings (SSSR count). The number of ether oxygens (including phenoxy) is 2. The maximum atomic E-state index is 14.1. The number of anilines is 2. The summed E-state index contributed by atoms with van der Waals surface area (Å²) in [4.78, 5) is 46.6. The Morgan fingerprint density at radius 1 is 0.693 bits per heavy atom. The first kappa shape index (κ1) is 47.9. The van der Waals surface area contributed by atoms with Crippen LogP contribution in [0.25, 0.3) is 55.9 Å². The van der Waals surface area contributed by atoms with E-state index in [4.69, 9.17) is 14.5 Å². The number of halogens is 4. The molecule has 2 amide bonds. The van der Waals surface area contributed by atoms with Crippen LogP contribution in [0.4, 0.5) is 29.2 Å². The summed E-state index contributed by atoms with van der Waals surface area (Å²) in [6, 6.07) is 17.6. The Balaban J connectivity index is 0.000000154. The second-order valence-corrected chi connectivity index (χ2v) is 19.2. The van der Waals surface area contributed by atoms with Gasteiger partial charge in [-0.1, -0.05) is 30.3 Å². The molecule has 4 aliphatic rings. The van der Waals surface area contributed by atoms with Gasteiger partial charge in [0.2, 0.25) is 0 Å². The zero-order valence-electron chi connectivity index (χ0n) is 40.2. The van der Waals surface area contributed by atoms with Gasteiger partial charge in [0.05, 0.1) is 74.5 Å². The summed E-state index contributed by atoms with van der Waals surface area (Å²) >= 11 is 0. The molecule has 20 nitrogen and oxygen atoms in total. The number of nitrogens with one attached hydrogen (secondary N) is 3. The Hall–Kier alpha value is -8.06. The van der Waals surface area contributed by atoms with Gasteiger partial charge in [-0.3, -0.25) is 9.59 Å². The molecule has 1 aromatic carbocycles. The monoisotopic (exact) mass is 1030 g/mol. The number of alkyl halides is 4. The predicted molar refractivity (Wildman–Crippen MR) is 265 cm³/mol. The van der Waals surface area contributed by atoms with E-state index >= 15 is 0 Å². The molecule has 0 bridgehead atoms. The molecule has 2 aliphatic heterocycles. The predicted octanol–water partition coefficient (Wildman–Crippen LogP) is 5.31. The molecule has 10 heterocycles. The molecule has 2 saturated heterocycles. The second-order valence-electron chi connectivity index (χ2n) is 19.2. The number of fused-ring (bicyclic) bond motifs is 4. The van der Waals surface area contributed by atoms with E-state index in [-0.39, 0.29) is 56.0 Å². The van der Waals surface area contributed by atoms with Crippen LogP contribution in [0.5, 0.6) is 0 Å². The highest BCUT2D eigenvalue weighted by atomic mass is 19.3. The van der Waals surface area contributed by atoms with Gasteiger partial charge in [-0.25, -0.2) is 37.5 Å². The van der Waals surface area contributed by atoms with Gasteiger partial charge in [-0.15, -0.1) is 0 Å². The molecule has 386 valence electrons. The number of aliphatic hydroxyl groups is 2. The lowest BCUT2D eigenvalue weighted by Crippen LogP contribution is -2.42. The number of hydrogen-bond donors (Lipinski definition) is 5. The van der Waals surface area contributed by atoms with E-state index in [2.05, 4.69) is 41.1 Å². The van der Waals surface area contributed by atoms with Crippen molar-refractivity contribution >= 4 is 56.8 Å². The Bertz CT molecular complexity index is 3680. The fourth-order valence-corrected chi connectivity index (χ4v) is 9.80. The molecule has 24 heteroatoms. The van der Waals surface area contributed by atoms with Crippen LogP contribution in [0.15, 0.2) is 104 Å². The second kappa shape index (κ2) is 18.4. The number of amides is 2. The fraction of sp³-hybridized carbons (Fsp3) is 0.333. The highest BCUT2D eigenvalue weighted by Gasteiger charge is 2.59. The van der Waals surface area contributed by atoms with Gasteiger partial charge in [0.25, 0.3) is 23.7 Å². The van der Waals surface area contributed by atoms with E-state index in [1.165, 1.54) is 26.0 Å². The first-order valence-electron chi connectivity index (χ1n) is 24.2. The van der Waals surface area contributed by atoms with E-state index in [9.17, 15) is 37.4 Å². The molecule has 2 aliphatic carbocycles. The number of rotatable bonds is 12. The van der Waals surface area contributed by atoms with Gasteiger partial charge in [-0.05, 0) is 29.8 Å². The highest BCUT2D eigenvalue weighted by Crippen LogP contribution is 2.55. The van der Waals surface area contributed by atoms with Crippen LogP contribution in [0, 0.1) is 0 Å². The summed E-state index contributed by atoms with van der Waals surface area (Å²) in [6.45, 7) is 1.27. The van der Waals surface area contributed by atoms with E-state index in [1.807, 2.05) is 60.5 Å². The first-order chi connectivity index (χ1) is 36.2. The number of pyridine rings is 2. The summed E-state index contributed by atoms with van der Waals surface area (Å²) < 4.78 is 72.6. The van der Waals surface area contributed by atoms with Gasteiger partial charge in [0, 0.05) is 92.3 Å². The minimum absolute atomic E-state index is 0.147. The Morgan fingerprint density at radius 2 is 1.19 bits per heavy atom. The van der Waals surface area contributed by atoms with Gasteiger partial charge in [0.15, 0.2) is 11.3 Å². The van der Waals surface area contributed by atoms with Crippen molar-refractivity contribution in [1.29, 1.82) is 0 Å². The third-order valence-electron chi connectivity index (χ3n) is 14.0. The maximum absolute atomic E-state index is 14.1. The molecule has 2 saturated carbocycles. The number of carbonyl (C=O) groups is 2. The van der Waals surface area contributed by atoms with Crippen molar-refractivity contribution in [3.63, 3.8) is 0 Å². The Kier molecular flexibility index (Phi) is 11.8. The van der Waals surface area contributed by atoms with Crippen LogP contribution in [0.1, 0.15) is 51.2 Å². The van der Waals surface area contributed by atoms with Crippen LogP contribution < -0.4 is 20.9 Å². The van der Waals surface area contributed by atoms with E-state index in [1.54, 1.807) is 54.5 Å². The van der Waals surface area contributed by atoms with Crippen molar-refractivity contribution < 1.29 is 46.8 Å². The largest absolute Gasteiger partial charge is 0.388 e. The van der Waals surface area contributed by atoms with Crippen molar-refractivity contribution in [3.8, 4) is 22.5 Å².